The van der Waals surface area contributed by atoms with Crippen LogP contribution < -0.4 is 20.3 Å². The van der Waals surface area contributed by atoms with Crippen LogP contribution in [0.2, 0.25) is 0 Å². The van der Waals surface area contributed by atoms with Crippen molar-refractivity contribution in [3.05, 3.63) is 190 Å². The summed E-state index contributed by atoms with van der Waals surface area (Å²) in [6.07, 6.45) is 27.0. The van der Waals surface area contributed by atoms with Crippen molar-refractivity contribution in [2.45, 2.75) is 50.5 Å². The minimum absolute atomic E-state index is 0.00498. The van der Waals surface area contributed by atoms with Crippen LogP contribution in [0.15, 0.2) is 167 Å². The van der Waals surface area contributed by atoms with Gasteiger partial charge >= 0.3 is 0 Å². The van der Waals surface area contributed by atoms with Crippen molar-refractivity contribution in [1.29, 1.82) is 0 Å². The van der Waals surface area contributed by atoms with Crippen molar-refractivity contribution >= 4 is 39.6 Å². The Labute approximate surface area is 298 Å². The summed E-state index contributed by atoms with van der Waals surface area (Å²) < 4.78 is 13.0. The quantitative estimate of drug-likeness (QED) is 0.181. The van der Waals surface area contributed by atoms with Gasteiger partial charge in [-0.2, -0.15) is 0 Å². The van der Waals surface area contributed by atoms with Crippen LogP contribution in [0.25, 0.3) is 28.2 Å². The molecule has 248 valence electrons. The molecule has 1 aromatic heterocycles. The first-order valence-electron chi connectivity index (χ1n) is 18.4. The van der Waals surface area contributed by atoms with Gasteiger partial charge in [0, 0.05) is 50.3 Å². The molecule has 5 aromatic rings. The molecule has 2 heterocycles. The van der Waals surface area contributed by atoms with Crippen LogP contribution in [-0.2, 0) is 0 Å². The molecule has 0 saturated heterocycles. The fourth-order valence-corrected chi connectivity index (χ4v) is 8.56. The molecule has 5 aliphatic rings. The van der Waals surface area contributed by atoms with Crippen LogP contribution in [0.5, 0.6) is 5.75 Å². The van der Waals surface area contributed by atoms with E-state index in [-0.39, 0.29) is 12.0 Å². The maximum atomic E-state index is 6.52. The molecule has 51 heavy (non-hydrogen) atoms. The minimum Gasteiger partial charge on any atom is -0.484 e. The molecule has 0 radical (unpaired) electrons. The first-order chi connectivity index (χ1) is 25.3. The van der Waals surface area contributed by atoms with E-state index in [1.807, 2.05) is 0 Å². The lowest BCUT2D eigenvalue weighted by Gasteiger charge is -2.31. The summed E-state index contributed by atoms with van der Waals surface area (Å²) in [5.74, 6) is 1.24. The third kappa shape index (κ3) is 5.27. The summed E-state index contributed by atoms with van der Waals surface area (Å²) in [6, 6.07) is 35.1. The van der Waals surface area contributed by atoms with Gasteiger partial charge in [0.15, 0.2) is 0 Å². The molecule has 0 fully saturated rings. The number of ether oxygens (including phenoxy) is 1. The van der Waals surface area contributed by atoms with E-state index in [1.54, 1.807) is 0 Å². The van der Waals surface area contributed by atoms with Crippen LogP contribution in [0.4, 0.5) is 11.4 Å². The molecule has 0 saturated carbocycles. The number of fused-ring (bicyclic) bond motifs is 6. The van der Waals surface area contributed by atoms with E-state index in [0.717, 1.165) is 66.6 Å². The molecule has 2 unspecified atom stereocenters. The van der Waals surface area contributed by atoms with Crippen molar-refractivity contribution in [3.63, 3.8) is 0 Å². The average molecular weight is 662 g/mol. The van der Waals surface area contributed by atoms with Gasteiger partial charge in [-0.1, -0.05) is 109 Å². The Morgan fingerprint density at radius 2 is 1.43 bits per heavy atom. The van der Waals surface area contributed by atoms with Gasteiger partial charge < -0.3 is 14.1 Å². The van der Waals surface area contributed by atoms with E-state index in [2.05, 4.69) is 157 Å². The van der Waals surface area contributed by atoms with E-state index in [9.17, 15) is 0 Å². The monoisotopic (exact) mass is 661 g/mol. The third-order valence-corrected chi connectivity index (χ3v) is 11.0. The zero-order valence-corrected chi connectivity index (χ0v) is 28.6. The lowest BCUT2D eigenvalue weighted by molar-refractivity contribution is 0.278. The third-order valence-electron chi connectivity index (χ3n) is 11.0. The van der Waals surface area contributed by atoms with Crippen LogP contribution in [0, 0.1) is 0 Å². The largest absolute Gasteiger partial charge is 0.484 e. The normalized spacial score (nSPS) is 20.3. The summed E-state index contributed by atoms with van der Waals surface area (Å²) in [5.41, 5.74) is 14.5. The van der Waals surface area contributed by atoms with E-state index in [1.165, 1.54) is 55.3 Å². The molecular formula is C48H39NO2. The second-order valence-electron chi connectivity index (χ2n) is 14.1. The number of benzene rings is 4. The minimum atomic E-state index is -0.00498. The highest BCUT2D eigenvalue weighted by molar-refractivity contribution is 5.82. The number of hydrogen-bond acceptors (Lipinski definition) is 3. The van der Waals surface area contributed by atoms with Crippen LogP contribution >= 0.6 is 0 Å². The van der Waals surface area contributed by atoms with Crippen LogP contribution in [-0.4, -0.2) is 6.10 Å². The topological polar surface area (TPSA) is 25.6 Å². The Morgan fingerprint density at radius 3 is 2.27 bits per heavy atom. The summed E-state index contributed by atoms with van der Waals surface area (Å²) in [4.78, 5) is 2.46. The fourth-order valence-electron chi connectivity index (χ4n) is 8.56. The number of hydrogen-bond donors (Lipinski definition) is 0. The molecule has 0 spiro atoms. The van der Waals surface area contributed by atoms with Crippen LogP contribution in [0.1, 0.15) is 61.1 Å². The van der Waals surface area contributed by atoms with Crippen molar-refractivity contribution < 1.29 is 9.15 Å². The van der Waals surface area contributed by atoms with Gasteiger partial charge in [-0.3, -0.25) is 0 Å². The number of rotatable bonds is 6. The van der Waals surface area contributed by atoms with Gasteiger partial charge in [-0.15, -0.1) is 0 Å². The Morgan fingerprint density at radius 1 is 0.667 bits per heavy atom. The van der Waals surface area contributed by atoms with Gasteiger partial charge in [-0.25, -0.2) is 0 Å². The number of allylic oxidation sites excluding steroid dienone is 10. The predicted octanol–water partition coefficient (Wildman–Crippen LogP) is 10.7. The standard InChI is InChI=1S/C48H39NO2/c1-2-11-32(12-3-1)35-13-8-14-38(31-35)49(36-27-23-33(24-28-36)39-17-9-19-43-41-15-4-6-21-45(41)50-47(39)43)37-29-25-34(26-30-37)40-18-10-20-44-42-16-5-7-22-46(42)51-48(40)44/h2,4-7,9,11-13,15-17,19-31,43,47H,1,3,8,10,14,18H2. The zero-order chi connectivity index (χ0) is 33.7. The molecule has 3 heteroatoms. The highest BCUT2D eigenvalue weighted by atomic mass is 16.5. The van der Waals surface area contributed by atoms with Crippen molar-refractivity contribution in [1.82, 2.24) is 0 Å². The second-order valence-corrected chi connectivity index (χ2v) is 14.1. The molecule has 10 rings (SSSR count). The predicted molar refractivity (Wildman–Crippen MR) is 209 cm³/mol. The lowest BCUT2D eigenvalue weighted by atomic mass is 9.84. The first-order valence-corrected chi connectivity index (χ1v) is 18.4. The maximum absolute atomic E-state index is 6.52. The van der Waals surface area contributed by atoms with Crippen molar-refractivity contribution in [2.24, 2.45) is 0 Å². The lowest BCUT2D eigenvalue weighted by Crippen LogP contribution is -2.26. The number of furan rings is 1. The molecule has 0 amide bonds. The zero-order valence-electron chi connectivity index (χ0n) is 28.6. The Hall–Kier alpha value is -5.80. The molecule has 0 bridgehead atoms. The SMILES string of the molecule is C1=CC2c3ccccc3OC2C(c2ccc(N(C3=CC(C4=CCCC=C4)=CCC3)c3ccc(C4=c5oc6ccccc6c5=CCC4)cc3)cc2)=C1. The number of anilines is 2. The van der Waals surface area contributed by atoms with Gasteiger partial charge in [0.25, 0.3) is 0 Å². The van der Waals surface area contributed by atoms with E-state index < -0.39 is 0 Å². The summed E-state index contributed by atoms with van der Waals surface area (Å²) >= 11 is 0. The van der Waals surface area contributed by atoms with E-state index in [4.69, 9.17) is 9.15 Å². The molecule has 0 N–H and O–H groups in total. The molecule has 3 nitrogen and oxygen atoms in total. The maximum Gasteiger partial charge on any atom is 0.138 e. The van der Waals surface area contributed by atoms with Crippen LogP contribution in [0.3, 0.4) is 0 Å². The van der Waals surface area contributed by atoms with Gasteiger partial charge in [-0.05, 0) is 103 Å². The molecule has 2 atom stereocenters. The van der Waals surface area contributed by atoms with E-state index >= 15 is 0 Å². The number of nitrogens with zero attached hydrogens (tertiary/aromatic N) is 1. The highest BCUT2D eigenvalue weighted by Gasteiger charge is 2.36. The average Bonchev–Trinajstić information content (AvgIpc) is 3.78. The highest BCUT2D eigenvalue weighted by Crippen LogP contribution is 2.46. The first kappa shape index (κ1) is 30.1. The fraction of sp³-hybridized carbons (Fsp3) is 0.167. The molecule has 4 aromatic carbocycles. The smallest absolute Gasteiger partial charge is 0.138 e. The summed E-state index contributed by atoms with van der Waals surface area (Å²) in [7, 11) is 0. The van der Waals surface area contributed by atoms with E-state index in [0.29, 0.717) is 0 Å². The Kier molecular flexibility index (Phi) is 7.37. The Bertz CT molecular complexity index is 2500. The van der Waals surface area contributed by atoms with Gasteiger partial charge in [0.1, 0.15) is 22.9 Å². The van der Waals surface area contributed by atoms with Gasteiger partial charge in [0.05, 0.1) is 0 Å². The van der Waals surface area contributed by atoms with Crippen molar-refractivity contribution in [2.75, 3.05) is 4.90 Å². The number of para-hydroxylation sites is 2. The second kappa shape index (κ2) is 12.5. The summed E-state index contributed by atoms with van der Waals surface area (Å²) in [6.45, 7) is 0. The molecule has 1 aliphatic heterocycles. The van der Waals surface area contributed by atoms with Gasteiger partial charge in [0.2, 0.25) is 0 Å². The Balaban J connectivity index is 1.03. The molecular weight excluding hydrogens is 623 g/mol. The van der Waals surface area contributed by atoms with Crippen molar-refractivity contribution in [3.8, 4) is 5.75 Å². The molecule has 4 aliphatic carbocycles. The summed E-state index contributed by atoms with van der Waals surface area (Å²) in [5, 5.41) is 2.43.